The largest absolute Gasteiger partial charge is 0.492 e. The zero-order chi connectivity index (χ0) is 23.3. The Labute approximate surface area is 202 Å². The lowest BCUT2D eigenvalue weighted by Gasteiger charge is -2.14. The van der Waals surface area contributed by atoms with Crippen LogP contribution < -0.4 is 20.7 Å². The number of benzene rings is 2. The van der Waals surface area contributed by atoms with Crippen LogP contribution >= 0.6 is 28.1 Å². The molecule has 1 fully saturated rings. The second-order valence-corrected chi connectivity index (χ2v) is 9.64. The quantitative estimate of drug-likeness (QED) is 0.393. The normalized spacial score (nSPS) is 12.9. The minimum Gasteiger partial charge on any atom is -0.492 e. The molecule has 2 aromatic carbocycles. The third kappa shape index (κ3) is 7.03. The number of thiocarbonyl (C=S) groups is 1. The molecule has 1 aliphatic rings. The van der Waals surface area contributed by atoms with Crippen LogP contribution in [0.25, 0.3) is 0 Å². The molecule has 32 heavy (non-hydrogen) atoms. The minimum atomic E-state index is -0.327. The molecular formula is C24H28BrN3O3S. The summed E-state index contributed by atoms with van der Waals surface area (Å²) in [5.41, 5.74) is 2.83. The van der Waals surface area contributed by atoms with Crippen molar-refractivity contribution in [1.29, 1.82) is 0 Å². The summed E-state index contributed by atoms with van der Waals surface area (Å²) in [7, 11) is 0. The number of carbonyl (C=O) groups is 2. The molecule has 170 valence electrons. The van der Waals surface area contributed by atoms with Gasteiger partial charge in [-0.05, 0) is 96.1 Å². The fourth-order valence-corrected chi connectivity index (χ4v) is 3.62. The maximum Gasteiger partial charge on any atom is 0.257 e. The molecule has 1 aliphatic carbocycles. The van der Waals surface area contributed by atoms with Crippen LogP contribution in [0.5, 0.6) is 5.75 Å². The number of hydrogen-bond acceptors (Lipinski definition) is 4. The molecule has 0 aromatic heterocycles. The predicted molar refractivity (Wildman–Crippen MR) is 135 cm³/mol. The van der Waals surface area contributed by atoms with Crippen LogP contribution in [0, 0.1) is 18.8 Å². The van der Waals surface area contributed by atoms with Crippen molar-refractivity contribution >= 4 is 56.4 Å². The van der Waals surface area contributed by atoms with Crippen LogP contribution in [-0.2, 0) is 4.79 Å². The van der Waals surface area contributed by atoms with E-state index in [1.54, 1.807) is 18.2 Å². The van der Waals surface area contributed by atoms with E-state index in [9.17, 15) is 9.59 Å². The minimum absolute atomic E-state index is 0.0448. The standard InChI is InChI=1S/C24H28BrN3O3S/c1-14(2)10-11-31-21-9-7-17(12-19(21)25)23(30)28-24(32)26-18-8-4-15(3)20(13-18)27-22(29)16-5-6-16/h4,7-9,12-14,16H,5-6,10-11H2,1-3H3,(H,27,29)(H2,26,28,30,32). The molecule has 2 aromatic rings. The van der Waals surface area contributed by atoms with Crippen LogP contribution in [0.1, 0.15) is 49.0 Å². The second-order valence-electron chi connectivity index (χ2n) is 8.38. The molecule has 3 N–H and O–H groups in total. The van der Waals surface area contributed by atoms with Gasteiger partial charge in [0, 0.05) is 22.9 Å². The Kier molecular flexibility index (Phi) is 8.26. The lowest BCUT2D eigenvalue weighted by Crippen LogP contribution is -2.34. The van der Waals surface area contributed by atoms with Gasteiger partial charge in [0.05, 0.1) is 11.1 Å². The smallest absolute Gasteiger partial charge is 0.257 e. The van der Waals surface area contributed by atoms with Gasteiger partial charge in [0.2, 0.25) is 5.91 Å². The highest BCUT2D eigenvalue weighted by Gasteiger charge is 2.29. The van der Waals surface area contributed by atoms with Gasteiger partial charge < -0.3 is 15.4 Å². The van der Waals surface area contributed by atoms with Gasteiger partial charge in [-0.1, -0.05) is 19.9 Å². The fraction of sp³-hybridized carbons (Fsp3) is 0.375. The first-order chi connectivity index (χ1) is 15.2. The third-order valence-electron chi connectivity index (χ3n) is 5.08. The van der Waals surface area contributed by atoms with E-state index in [0.717, 1.165) is 30.5 Å². The summed E-state index contributed by atoms with van der Waals surface area (Å²) in [6.07, 6.45) is 2.85. The van der Waals surface area contributed by atoms with Crippen LogP contribution in [0.15, 0.2) is 40.9 Å². The monoisotopic (exact) mass is 517 g/mol. The molecule has 6 nitrogen and oxygen atoms in total. The van der Waals surface area contributed by atoms with Crippen molar-refractivity contribution in [3.63, 3.8) is 0 Å². The molecule has 2 amide bonds. The first-order valence-corrected chi connectivity index (χ1v) is 11.9. The molecule has 0 unspecified atom stereocenters. The first kappa shape index (κ1) is 24.2. The number of hydrogen-bond donors (Lipinski definition) is 3. The lowest BCUT2D eigenvalue weighted by molar-refractivity contribution is -0.117. The fourth-order valence-electron chi connectivity index (χ4n) is 2.92. The number of carbonyl (C=O) groups excluding carboxylic acids is 2. The topological polar surface area (TPSA) is 79.5 Å². The van der Waals surface area contributed by atoms with Crippen LogP contribution in [-0.4, -0.2) is 23.5 Å². The van der Waals surface area contributed by atoms with Gasteiger partial charge in [-0.15, -0.1) is 0 Å². The molecule has 0 atom stereocenters. The van der Waals surface area contributed by atoms with E-state index in [-0.39, 0.29) is 22.8 Å². The third-order valence-corrected chi connectivity index (χ3v) is 5.90. The van der Waals surface area contributed by atoms with Gasteiger partial charge in [-0.3, -0.25) is 14.9 Å². The number of amides is 2. The van der Waals surface area contributed by atoms with Crippen molar-refractivity contribution in [2.75, 3.05) is 17.2 Å². The van der Waals surface area contributed by atoms with E-state index in [1.807, 2.05) is 25.1 Å². The lowest BCUT2D eigenvalue weighted by atomic mass is 10.1. The summed E-state index contributed by atoms with van der Waals surface area (Å²) in [4.78, 5) is 24.7. The molecule has 1 saturated carbocycles. The van der Waals surface area contributed by atoms with E-state index in [1.165, 1.54) is 0 Å². The van der Waals surface area contributed by atoms with Crippen LogP contribution in [0.3, 0.4) is 0 Å². The summed E-state index contributed by atoms with van der Waals surface area (Å²) >= 11 is 8.76. The Morgan fingerprint density at radius 2 is 1.91 bits per heavy atom. The van der Waals surface area contributed by atoms with Crippen LogP contribution in [0.4, 0.5) is 11.4 Å². The average molecular weight is 518 g/mol. The molecule has 0 spiro atoms. The van der Waals surface area contributed by atoms with Crippen molar-refractivity contribution in [2.45, 2.75) is 40.0 Å². The Bertz CT molecular complexity index is 1020. The number of aryl methyl sites for hydroxylation is 1. The molecule has 0 radical (unpaired) electrons. The van der Waals surface area contributed by atoms with Crippen molar-refractivity contribution in [3.05, 3.63) is 52.0 Å². The van der Waals surface area contributed by atoms with Gasteiger partial charge >= 0.3 is 0 Å². The molecule has 0 bridgehead atoms. The SMILES string of the molecule is Cc1ccc(NC(=S)NC(=O)c2ccc(OCCC(C)C)c(Br)c2)cc1NC(=O)C1CC1. The number of ether oxygens (including phenoxy) is 1. The molecule has 0 heterocycles. The number of halogens is 1. The molecule has 3 rings (SSSR count). The van der Waals surface area contributed by atoms with E-state index in [2.05, 4.69) is 45.7 Å². The summed E-state index contributed by atoms with van der Waals surface area (Å²) in [5, 5.41) is 8.82. The Morgan fingerprint density at radius 3 is 2.56 bits per heavy atom. The molecule has 0 saturated heterocycles. The van der Waals surface area contributed by atoms with Gasteiger partial charge in [0.1, 0.15) is 5.75 Å². The van der Waals surface area contributed by atoms with Crippen molar-refractivity contribution in [2.24, 2.45) is 11.8 Å². The zero-order valence-corrected chi connectivity index (χ0v) is 20.9. The Morgan fingerprint density at radius 1 is 1.16 bits per heavy atom. The Balaban J connectivity index is 1.57. The number of rotatable bonds is 8. The average Bonchev–Trinajstić information content (AvgIpc) is 3.56. The van der Waals surface area contributed by atoms with Crippen LogP contribution in [0.2, 0.25) is 0 Å². The summed E-state index contributed by atoms with van der Waals surface area (Å²) < 4.78 is 6.47. The Hall–Kier alpha value is -2.45. The summed E-state index contributed by atoms with van der Waals surface area (Å²) in [6, 6.07) is 10.7. The van der Waals surface area contributed by atoms with E-state index < -0.39 is 0 Å². The number of anilines is 2. The highest BCUT2D eigenvalue weighted by Crippen LogP contribution is 2.31. The van der Waals surface area contributed by atoms with Gasteiger partial charge in [-0.2, -0.15) is 0 Å². The van der Waals surface area contributed by atoms with Gasteiger partial charge in [0.25, 0.3) is 5.91 Å². The van der Waals surface area contributed by atoms with E-state index in [0.29, 0.717) is 34.0 Å². The van der Waals surface area contributed by atoms with E-state index >= 15 is 0 Å². The van der Waals surface area contributed by atoms with Crippen molar-refractivity contribution in [1.82, 2.24) is 5.32 Å². The highest BCUT2D eigenvalue weighted by atomic mass is 79.9. The first-order valence-electron chi connectivity index (χ1n) is 10.7. The molecule has 0 aliphatic heterocycles. The molecular weight excluding hydrogens is 490 g/mol. The summed E-state index contributed by atoms with van der Waals surface area (Å²) in [5.74, 6) is 1.10. The number of nitrogens with one attached hydrogen (secondary N) is 3. The second kappa shape index (κ2) is 10.9. The van der Waals surface area contributed by atoms with Gasteiger partial charge in [-0.25, -0.2) is 0 Å². The summed E-state index contributed by atoms with van der Waals surface area (Å²) in [6.45, 7) is 6.84. The van der Waals surface area contributed by atoms with Gasteiger partial charge in [0.15, 0.2) is 5.11 Å². The maximum atomic E-state index is 12.6. The maximum absolute atomic E-state index is 12.6. The predicted octanol–water partition coefficient (Wildman–Crippen LogP) is 5.66. The molecule has 8 heteroatoms. The van der Waals surface area contributed by atoms with E-state index in [4.69, 9.17) is 17.0 Å². The zero-order valence-electron chi connectivity index (χ0n) is 18.5. The highest BCUT2D eigenvalue weighted by molar-refractivity contribution is 9.10. The van der Waals surface area contributed by atoms with Crippen molar-refractivity contribution in [3.8, 4) is 5.75 Å². The van der Waals surface area contributed by atoms with Crippen molar-refractivity contribution < 1.29 is 14.3 Å².